The normalized spacial score (nSPS) is 19.9. The molecule has 1 heterocycles. The predicted molar refractivity (Wildman–Crippen MR) is 69.6 cm³/mol. The van der Waals surface area contributed by atoms with Crippen LogP contribution in [0.3, 0.4) is 0 Å². The molecule has 4 nitrogen and oxygen atoms in total. The van der Waals surface area contributed by atoms with Crippen LogP contribution in [0.25, 0.3) is 0 Å². The third kappa shape index (κ3) is 2.12. The second-order valence-electron chi connectivity index (χ2n) is 4.64. The van der Waals surface area contributed by atoms with Gasteiger partial charge in [-0.15, -0.1) is 0 Å². The van der Waals surface area contributed by atoms with Crippen LogP contribution in [0, 0.1) is 20.8 Å². The van der Waals surface area contributed by atoms with Crippen molar-refractivity contribution in [1.29, 1.82) is 0 Å². The van der Waals surface area contributed by atoms with E-state index in [1.165, 1.54) is 0 Å². The molecule has 0 N–H and O–H groups in total. The molecule has 1 fully saturated rings. The highest BCUT2D eigenvalue weighted by Gasteiger charge is 2.45. The van der Waals surface area contributed by atoms with Crippen LogP contribution in [0.15, 0.2) is 12.1 Å². The summed E-state index contributed by atoms with van der Waals surface area (Å²) in [5, 5.41) is 0. The second kappa shape index (κ2) is 4.24. The van der Waals surface area contributed by atoms with E-state index in [9.17, 15) is 13.2 Å². The number of aryl methyl sites for hydroxylation is 3. The van der Waals surface area contributed by atoms with Crippen LogP contribution < -0.4 is 0 Å². The molecule has 0 bridgehead atoms. The van der Waals surface area contributed by atoms with Crippen LogP contribution in [0.2, 0.25) is 0 Å². The molecule has 18 heavy (non-hydrogen) atoms. The molecule has 1 saturated heterocycles. The number of nitrogens with zero attached hydrogens (tertiary/aromatic N) is 1. The Balaban J connectivity index is 2.45. The van der Waals surface area contributed by atoms with Gasteiger partial charge in [0.2, 0.25) is 5.91 Å². The Morgan fingerprint density at radius 3 is 2.22 bits per heavy atom. The van der Waals surface area contributed by atoms with Gasteiger partial charge >= 0.3 is 9.24 Å². The maximum absolute atomic E-state index is 11.4. The van der Waals surface area contributed by atoms with Gasteiger partial charge < -0.3 is 0 Å². The van der Waals surface area contributed by atoms with E-state index in [0.29, 0.717) is 0 Å². The second-order valence-corrected chi connectivity index (χ2v) is 7.03. The highest BCUT2D eigenvalue weighted by atomic mass is 35.7. The lowest BCUT2D eigenvalue weighted by molar-refractivity contribution is -0.137. The maximum Gasteiger partial charge on any atom is 0.324 e. The van der Waals surface area contributed by atoms with E-state index in [0.717, 1.165) is 26.6 Å². The summed E-state index contributed by atoms with van der Waals surface area (Å²) in [7, 11) is 1.28. The molecule has 1 aliphatic heterocycles. The predicted octanol–water partition coefficient (Wildman–Crippen LogP) is 2.37. The molecule has 1 amide bonds. The molecule has 1 aromatic carbocycles. The first-order valence-corrected chi connectivity index (χ1v) is 7.83. The van der Waals surface area contributed by atoms with Gasteiger partial charge in [-0.3, -0.25) is 4.79 Å². The lowest BCUT2D eigenvalue weighted by Crippen LogP contribution is -2.48. The van der Waals surface area contributed by atoms with Gasteiger partial charge in [0.1, 0.15) is 0 Å². The molecule has 1 aliphatic rings. The Bertz CT molecular complexity index is 624. The SMILES string of the molecule is Cc1cc(C)c(C2CC(=O)N2S(=O)(=O)Cl)cc1C. The zero-order valence-corrected chi connectivity index (χ0v) is 12.0. The standard InChI is InChI=1S/C12H14ClNO3S/c1-7-4-9(3)10(5-8(7)2)11-6-12(15)14(11)18(13,16)17/h4-5,11H,6H2,1-3H3. The summed E-state index contributed by atoms with van der Waals surface area (Å²) in [4.78, 5) is 11.4. The minimum atomic E-state index is -4.00. The quantitative estimate of drug-likeness (QED) is 0.620. The van der Waals surface area contributed by atoms with Crippen LogP contribution in [-0.2, 0) is 14.0 Å². The van der Waals surface area contributed by atoms with E-state index >= 15 is 0 Å². The summed E-state index contributed by atoms with van der Waals surface area (Å²) in [6.45, 7) is 5.86. The smallest absolute Gasteiger partial charge is 0.274 e. The molecule has 1 atom stereocenters. The number of halogens is 1. The van der Waals surface area contributed by atoms with E-state index in [1.807, 2.05) is 32.9 Å². The summed E-state index contributed by atoms with van der Waals surface area (Å²) in [6.07, 6.45) is 0.190. The zero-order valence-electron chi connectivity index (χ0n) is 10.4. The summed E-state index contributed by atoms with van der Waals surface area (Å²) >= 11 is 0. The van der Waals surface area contributed by atoms with E-state index < -0.39 is 21.2 Å². The third-order valence-corrected chi connectivity index (χ3v) is 4.75. The highest BCUT2D eigenvalue weighted by molar-refractivity contribution is 8.12. The van der Waals surface area contributed by atoms with Crippen molar-refractivity contribution in [3.8, 4) is 0 Å². The average Bonchev–Trinajstić information content (AvgIpc) is 2.17. The molecule has 0 saturated carbocycles. The lowest BCUT2D eigenvalue weighted by Gasteiger charge is -2.38. The van der Waals surface area contributed by atoms with E-state index in [1.54, 1.807) is 0 Å². The maximum atomic E-state index is 11.4. The molecule has 0 spiro atoms. The number of carbonyl (C=O) groups excluding carboxylic acids is 1. The molecular weight excluding hydrogens is 274 g/mol. The molecule has 98 valence electrons. The first kappa shape index (κ1) is 13.4. The van der Waals surface area contributed by atoms with E-state index in [-0.39, 0.29) is 6.42 Å². The number of rotatable bonds is 2. The first-order valence-electron chi connectivity index (χ1n) is 5.56. The van der Waals surface area contributed by atoms with Gasteiger partial charge in [-0.2, -0.15) is 8.42 Å². The fourth-order valence-corrected chi connectivity index (χ4v) is 3.58. The van der Waals surface area contributed by atoms with Gasteiger partial charge in [-0.25, -0.2) is 4.31 Å². The molecule has 0 radical (unpaired) electrons. The molecule has 0 aliphatic carbocycles. The number of β-lactam (4-membered cyclic amide) rings is 1. The fraction of sp³-hybridized carbons (Fsp3) is 0.417. The number of hydrogen-bond acceptors (Lipinski definition) is 3. The van der Waals surface area contributed by atoms with Crippen molar-refractivity contribution < 1.29 is 13.2 Å². The highest BCUT2D eigenvalue weighted by Crippen LogP contribution is 2.40. The van der Waals surface area contributed by atoms with Crippen LogP contribution in [-0.4, -0.2) is 18.6 Å². The largest absolute Gasteiger partial charge is 0.324 e. The zero-order chi connectivity index (χ0) is 13.7. The van der Waals surface area contributed by atoms with Crippen molar-refractivity contribution in [3.63, 3.8) is 0 Å². The lowest BCUT2D eigenvalue weighted by atomic mass is 9.90. The van der Waals surface area contributed by atoms with Crippen molar-refractivity contribution in [3.05, 3.63) is 34.4 Å². The van der Waals surface area contributed by atoms with Gasteiger partial charge in [-0.1, -0.05) is 12.1 Å². The van der Waals surface area contributed by atoms with Gasteiger partial charge in [0.05, 0.1) is 12.5 Å². The summed E-state index contributed by atoms with van der Waals surface area (Å²) in [5.41, 5.74) is 4.03. The summed E-state index contributed by atoms with van der Waals surface area (Å²) in [6, 6.07) is 3.46. The van der Waals surface area contributed by atoms with Crippen LogP contribution in [0.5, 0.6) is 0 Å². The molecular formula is C12H14ClNO3S. The van der Waals surface area contributed by atoms with Crippen LogP contribution >= 0.6 is 10.7 Å². The Hall–Kier alpha value is -1.07. The van der Waals surface area contributed by atoms with Crippen molar-refractivity contribution in [2.45, 2.75) is 33.2 Å². The third-order valence-electron chi connectivity index (χ3n) is 3.37. The Morgan fingerprint density at radius 1 is 1.17 bits per heavy atom. The number of carbonyl (C=O) groups is 1. The van der Waals surface area contributed by atoms with Crippen molar-refractivity contribution in [2.24, 2.45) is 0 Å². The van der Waals surface area contributed by atoms with Gasteiger partial charge in [0.15, 0.2) is 0 Å². The minimum Gasteiger partial charge on any atom is -0.274 e. The number of amides is 1. The summed E-state index contributed by atoms with van der Waals surface area (Å²) < 4.78 is 23.4. The van der Waals surface area contributed by atoms with Crippen LogP contribution in [0.4, 0.5) is 0 Å². The molecule has 2 rings (SSSR count). The molecule has 0 aromatic heterocycles. The summed E-state index contributed by atoms with van der Waals surface area (Å²) in [5.74, 6) is -0.451. The van der Waals surface area contributed by atoms with Gasteiger partial charge in [-0.05, 0) is 43.0 Å². The topological polar surface area (TPSA) is 54.5 Å². The Labute approximate surface area is 111 Å². The van der Waals surface area contributed by atoms with E-state index in [4.69, 9.17) is 10.7 Å². The fourth-order valence-electron chi connectivity index (χ4n) is 2.25. The molecule has 6 heteroatoms. The molecule has 1 aromatic rings. The molecule has 1 unspecified atom stereocenters. The number of hydrogen-bond donors (Lipinski definition) is 0. The average molecular weight is 288 g/mol. The first-order chi connectivity index (χ1) is 8.21. The monoisotopic (exact) mass is 287 g/mol. The number of benzene rings is 1. The van der Waals surface area contributed by atoms with Crippen molar-refractivity contribution in [2.75, 3.05) is 0 Å². The minimum absolute atomic E-state index is 0.190. The Morgan fingerprint density at radius 2 is 1.72 bits per heavy atom. The van der Waals surface area contributed by atoms with Crippen molar-refractivity contribution in [1.82, 2.24) is 4.31 Å². The van der Waals surface area contributed by atoms with Crippen molar-refractivity contribution >= 4 is 25.8 Å². The Kier molecular flexibility index (Phi) is 3.15. The van der Waals surface area contributed by atoms with Crippen LogP contribution in [0.1, 0.15) is 34.7 Å². The van der Waals surface area contributed by atoms with Gasteiger partial charge in [0, 0.05) is 10.7 Å². The van der Waals surface area contributed by atoms with E-state index in [2.05, 4.69) is 0 Å². The van der Waals surface area contributed by atoms with Gasteiger partial charge in [0.25, 0.3) is 0 Å².